The topological polar surface area (TPSA) is 9.23 Å². The third kappa shape index (κ3) is 2.62. The SMILES string of the molecule is Clc1c(Br)cccc1C(Br)c1ccc2c(c1)COC2. The van der Waals surface area contributed by atoms with Crippen LogP contribution in [-0.2, 0) is 18.0 Å². The van der Waals surface area contributed by atoms with Crippen LogP contribution >= 0.6 is 43.5 Å². The van der Waals surface area contributed by atoms with Gasteiger partial charge in [-0.05, 0) is 44.3 Å². The van der Waals surface area contributed by atoms with Crippen LogP contribution in [-0.4, -0.2) is 0 Å². The summed E-state index contributed by atoms with van der Waals surface area (Å²) in [5.74, 6) is 0. The number of halogens is 3. The summed E-state index contributed by atoms with van der Waals surface area (Å²) in [6.07, 6.45) is 0. The average Bonchev–Trinajstić information content (AvgIpc) is 2.88. The van der Waals surface area contributed by atoms with Crippen LogP contribution in [0.2, 0.25) is 5.02 Å². The molecule has 0 fully saturated rings. The molecule has 1 aliphatic heterocycles. The Bertz CT molecular complexity index is 628. The van der Waals surface area contributed by atoms with Gasteiger partial charge in [-0.1, -0.05) is 57.9 Å². The number of benzene rings is 2. The highest BCUT2D eigenvalue weighted by atomic mass is 79.9. The monoisotopic (exact) mass is 400 g/mol. The van der Waals surface area contributed by atoms with Crippen LogP contribution in [0.5, 0.6) is 0 Å². The summed E-state index contributed by atoms with van der Waals surface area (Å²) in [6, 6.07) is 12.4. The maximum Gasteiger partial charge on any atom is 0.0725 e. The van der Waals surface area contributed by atoms with Gasteiger partial charge in [-0.25, -0.2) is 0 Å². The molecule has 0 aliphatic carbocycles. The molecule has 19 heavy (non-hydrogen) atoms. The van der Waals surface area contributed by atoms with Gasteiger partial charge < -0.3 is 4.74 Å². The second kappa shape index (κ2) is 5.57. The second-order valence-corrected chi connectivity index (χ2v) is 6.67. The standard InChI is InChI=1S/C15H11Br2ClO/c16-13-3-1-2-12(15(13)18)14(17)9-4-5-10-7-19-8-11(10)6-9/h1-6,14H,7-8H2. The van der Waals surface area contributed by atoms with Crippen LogP contribution in [0.4, 0.5) is 0 Å². The summed E-state index contributed by atoms with van der Waals surface area (Å²) in [4.78, 5) is 0.0865. The molecule has 1 aliphatic rings. The predicted molar refractivity (Wildman–Crippen MR) is 84.9 cm³/mol. The first kappa shape index (κ1) is 13.6. The van der Waals surface area contributed by atoms with E-state index >= 15 is 0 Å². The van der Waals surface area contributed by atoms with E-state index in [9.17, 15) is 0 Å². The van der Waals surface area contributed by atoms with Crippen molar-refractivity contribution in [2.45, 2.75) is 18.0 Å². The number of hydrogen-bond donors (Lipinski definition) is 0. The van der Waals surface area contributed by atoms with Crippen molar-refractivity contribution in [3.8, 4) is 0 Å². The lowest BCUT2D eigenvalue weighted by atomic mass is 10.0. The number of hydrogen-bond acceptors (Lipinski definition) is 1. The molecule has 1 unspecified atom stereocenters. The van der Waals surface area contributed by atoms with Gasteiger partial charge in [0.2, 0.25) is 0 Å². The van der Waals surface area contributed by atoms with Gasteiger partial charge in [-0.15, -0.1) is 0 Å². The number of fused-ring (bicyclic) bond motifs is 1. The van der Waals surface area contributed by atoms with Crippen LogP contribution in [0.3, 0.4) is 0 Å². The number of alkyl halides is 1. The van der Waals surface area contributed by atoms with Crippen molar-refractivity contribution in [1.82, 2.24) is 0 Å². The van der Waals surface area contributed by atoms with Gasteiger partial charge in [0.05, 0.1) is 23.1 Å². The Morgan fingerprint density at radius 3 is 2.74 bits per heavy atom. The molecule has 2 aromatic carbocycles. The van der Waals surface area contributed by atoms with Gasteiger partial charge in [0.1, 0.15) is 0 Å². The maximum absolute atomic E-state index is 6.35. The molecule has 0 N–H and O–H groups in total. The van der Waals surface area contributed by atoms with Crippen LogP contribution in [0.25, 0.3) is 0 Å². The number of rotatable bonds is 2. The van der Waals surface area contributed by atoms with Crippen LogP contribution in [0.15, 0.2) is 40.9 Å². The molecule has 0 saturated heterocycles. The fourth-order valence-corrected chi connectivity index (χ4v) is 3.66. The van der Waals surface area contributed by atoms with Gasteiger partial charge in [0.15, 0.2) is 0 Å². The molecule has 0 aromatic heterocycles. The largest absolute Gasteiger partial charge is 0.372 e. The second-order valence-electron chi connectivity index (χ2n) is 4.53. The fraction of sp³-hybridized carbons (Fsp3) is 0.200. The zero-order valence-corrected chi connectivity index (χ0v) is 13.9. The molecule has 0 saturated carbocycles. The molecule has 0 radical (unpaired) electrons. The van der Waals surface area contributed by atoms with E-state index in [0.29, 0.717) is 6.61 Å². The molecule has 98 valence electrons. The molecule has 1 nitrogen and oxygen atoms in total. The van der Waals surface area contributed by atoms with Crippen molar-refractivity contribution >= 4 is 43.5 Å². The Labute approximate surface area is 134 Å². The Morgan fingerprint density at radius 2 is 1.89 bits per heavy atom. The van der Waals surface area contributed by atoms with Crippen LogP contribution in [0.1, 0.15) is 27.1 Å². The van der Waals surface area contributed by atoms with E-state index in [0.717, 1.165) is 21.7 Å². The summed E-state index contributed by atoms with van der Waals surface area (Å²) < 4.78 is 6.37. The smallest absolute Gasteiger partial charge is 0.0725 e. The summed E-state index contributed by atoms with van der Waals surface area (Å²) >= 11 is 13.6. The van der Waals surface area contributed by atoms with Gasteiger partial charge in [-0.2, -0.15) is 0 Å². The van der Waals surface area contributed by atoms with Crippen LogP contribution in [0, 0.1) is 0 Å². The van der Waals surface area contributed by atoms with Gasteiger partial charge >= 0.3 is 0 Å². The first-order chi connectivity index (χ1) is 9.16. The predicted octanol–water partition coefficient (Wildman–Crippen LogP) is 5.62. The van der Waals surface area contributed by atoms with Gasteiger partial charge in [-0.3, -0.25) is 0 Å². The molecule has 1 atom stereocenters. The van der Waals surface area contributed by atoms with E-state index in [-0.39, 0.29) is 4.83 Å². The van der Waals surface area contributed by atoms with Crippen molar-refractivity contribution in [2.24, 2.45) is 0 Å². The minimum absolute atomic E-state index is 0.0865. The van der Waals surface area contributed by atoms with E-state index in [2.05, 4.69) is 50.1 Å². The average molecular weight is 403 g/mol. The molecular formula is C15H11Br2ClO. The number of ether oxygens (including phenoxy) is 1. The Balaban J connectivity index is 2.00. The first-order valence-electron chi connectivity index (χ1n) is 5.94. The van der Waals surface area contributed by atoms with Crippen molar-refractivity contribution in [1.29, 1.82) is 0 Å². The molecular weight excluding hydrogens is 391 g/mol. The molecule has 1 heterocycles. The third-order valence-corrected chi connectivity index (χ3v) is 5.63. The Kier molecular flexibility index (Phi) is 3.99. The van der Waals surface area contributed by atoms with E-state index in [1.54, 1.807) is 0 Å². The summed E-state index contributed by atoms with van der Waals surface area (Å²) in [6.45, 7) is 1.43. The summed E-state index contributed by atoms with van der Waals surface area (Å²) in [7, 11) is 0. The van der Waals surface area contributed by atoms with Crippen molar-refractivity contribution in [3.05, 3.63) is 68.1 Å². The van der Waals surface area contributed by atoms with Crippen LogP contribution < -0.4 is 0 Å². The summed E-state index contributed by atoms with van der Waals surface area (Å²) in [5, 5.41) is 0.751. The summed E-state index contributed by atoms with van der Waals surface area (Å²) in [5.41, 5.74) is 4.82. The molecule has 0 amide bonds. The highest BCUT2D eigenvalue weighted by molar-refractivity contribution is 9.10. The fourth-order valence-electron chi connectivity index (χ4n) is 2.25. The molecule has 2 aromatic rings. The van der Waals surface area contributed by atoms with Crippen molar-refractivity contribution in [3.63, 3.8) is 0 Å². The molecule has 0 bridgehead atoms. The lowest BCUT2D eigenvalue weighted by Gasteiger charge is -2.14. The maximum atomic E-state index is 6.35. The minimum Gasteiger partial charge on any atom is -0.372 e. The zero-order chi connectivity index (χ0) is 13.4. The highest BCUT2D eigenvalue weighted by Gasteiger charge is 2.18. The van der Waals surface area contributed by atoms with Gasteiger partial charge in [0, 0.05) is 4.47 Å². The Hall–Kier alpha value is -0.350. The molecule has 4 heteroatoms. The van der Waals surface area contributed by atoms with Gasteiger partial charge in [0.25, 0.3) is 0 Å². The normalized spacial score (nSPS) is 15.3. The van der Waals surface area contributed by atoms with E-state index in [1.165, 1.54) is 16.7 Å². The third-order valence-electron chi connectivity index (χ3n) is 3.29. The molecule has 3 rings (SSSR count). The minimum atomic E-state index is 0.0865. The molecule has 0 spiro atoms. The van der Waals surface area contributed by atoms with Crippen molar-refractivity contribution in [2.75, 3.05) is 0 Å². The van der Waals surface area contributed by atoms with Crippen molar-refractivity contribution < 1.29 is 4.74 Å². The zero-order valence-electron chi connectivity index (χ0n) is 10.00. The highest BCUT2D eigenvalue weighted by Crippen LogP contribution is 2.39. The van der Waals surface area contributed by atoms with E-state index < -0.39 is 0 Å². The lowest BCUT2D eigenvalue weighted by Crippen LogP contribution is -1.96. The van der Waals surface area contributed by atoms with E-state index in [4.69, 9.17) is 16.3 Å². The lowest BCUT2D eigenvalue weighted by molar-refractivity contribution is 0.134. The van der Waals surface area contributed by atoms with E-state index in [1.807, 2.05) is 18.2 Å². The first-order valence-corrected chi connectivity index (χ1v) is 8.03. The quantitative estimate of drug-likeness (QED) is 0.593. The Morgan fingerprint density at radius 1 is 1.11 bits per heavy atom.